The summed E-state index contributed by atoms with van der Waals surface area (Å²) in [6.45, 7) is 10.9. The Morgan fingerprint density at radius 3 is 2.49 bits per heavy atom. The predicted molar refractivity (Wildman–Crippen MR) is 149 cm³/mol. The van der Waals surface area contributed by atoms with Crippen LogP contribution in [0.5, 0.6) is 5.75 Å². The highest BCUT2D eigenvalue weighted by atomic mass is 79.9. The van der Waals surface area contributed by atoms with Gasteiger partial charge in [-0.3, -0.25) is 9.69 Å². The van der Waals surface area contributed by atoms with Gasteiger partial charge in [0.2, 0.25) is 0 Å². The minimum absolute atomic E-state index is 0.0584. The summed E-state index contributed by atoms with van der Waals surface area (Å²) in [6.07, 6.45) is -1.06. The molecule has 3 rings (SSSR count). The first-order valence-corrected chi connectivity index (χ1v) is 16.1. The summed E-state index contributed by atoms with van der Waals surface area (Å²) in [7, 11) is -2.32. The van der Waals surface area contributed by atoms with Crippen LogP contribution in [0.4, 0.5) is 4.79 Å². The summed E-state index contributed by atoms with van der Waals surface area (Å²) in [6, 6.07) is 12.5. The van der Waals surface area contributed by atoms with Crippen LogP contribution in [0.2, 0.25) is 18.1 Å². The van der Waals surface area contributed by atoms with Gasteiger partial charge in [0, 0.05) is 17.6 Å². The van der Waals surface area contributed by atoms with Crippen molar-refractivity contribution in [1.82, 2.24) is 10.2 Å². The van der Waals surface area contributed by atoms with Crippen molar-refractivity contribution in [3.63, 3.8) is 0 Å². The molecule has 1 heterocycles. The fourth-order valence-electron chi connectivity index (χ4n) is 4.15. The first-order chi connectivity index (χ1) is 17.3. The van der Waals surface area contributed by atoms with Gasteiger partial charge < -0.3 is 24.7 Å². The summed E-state index contributed by atoms with van der Waals surface area (Å²) in [5, 5.41) is 22.1. The van der Waals surface area contributed by atoms with E-state index in [0.717, 1.165) is 15.6 Å². The Balaban J connectivity index is 1.91. The largest absolute Gasteiger partial charge is 0.490 e. The number of ether oxygens (including phenoxy) is 1. The summed E-state index contributed by atoms with van der Waals surface area (Å²) in [5.74, 6) is -0.0103. The average Bonchev–Trinajstić information content (AvgIpc) is 2.83. The Bertz CT molecular complexity index is 1120. The summed E-state index contributed by atoms with van der Waals surface area (Å²) in [4.78, 5) is 27.0. The Labute approximate surface area is 228 Å². The molecule has 1 aliphatic rings. The van der Waals surface area contributed by atoms with Gasteiger partial charge in [-0.25, -0.2) is 4.79 Å². The van der Waals surface area contributed by atoms with Gasteiger partial charge in [0.25, 0.3) is 5.91 Å². The maximum Gasteiger partial charge on any atom is 0.407 e. The minimum Gasteiger partial charge on any atom is -0.490 e. The SMILES string of the molecule is CC(C)(C)[Si](C)(C)O[C@H](CNC(=O)c1ccc(Br)cc1OCCO)[C@@H]1Cc2ccccc2CN1C(=O)O. The fourth-order valence-corrected chi connectivity index (χ4v) is 5.84. The van der Waals surface area contributed by atoms with Gasteiger partial charge >= 0.3 is 6.09 Å². The molecule has 8 nitrogen and oxygen atoms in total. The van der Waals surface area contributed by atoms with Crippen molar-refractivity contribution in [2.75, 3.05) is 19.8 Å². The van der Waals surface area contributed by atoms with Crippen molar-refractivity contribution in [1.29, 1.82) is 0 Å². The molecule has 0 spiro atoms. The van der Waals surface area contributed by atoms with Gasteiger partial charge in [-0.05, 0) is 53.9 Å². The number of aliphatic hydroxyl groups excluding tert-OH is 1. The highest BCUT2D eigenvalue weighted by Gasteiger charge is 2.44. The molecular formula is C27H37BrN2O6Si. The zero-order valence-electron chi connectivity index (χ0n) is 22.1. The molecule has 2 amide bonds. The summed E-state index contributed by atoms with van der Waals surface area (Å²) in [5.41, 5.74) is 2.40. The standard InChI is InChI=1S/C27H37BrN2O6Si/c1-27(2,3)37(4,5)36-24(22-14-18-8-6-7-9-19(18)17-30(22)26(33)34)16-29-25(32)21-11-10-20(28)15-23(21)35-13-12-31/h6-11,15,22,24,31H,12-14,16-17H2,1-5H3,(H,29,32)(H,33,34)/t22-,24+/m0/s1. The monoisotopic (exact) mass is 592 g/mol. The highest BCUT2D eigenvalue weighted by molar-refractivity contribution is 9.10. The van der Waals surface area contributed by atoms with E-state index in [1.165, 1.54) is 4.90 Å². The Morgan fingerprint density at radius 1 is 1.19 bits per heavy atom. The van der Waals surface area contributed by atoms with E-state index in [0.29, 0.717) is 17.7 Å². The quantitative estimate of drug-likeness (QED) is 0.352. The number of hydrogen-bond acceptors (Lipinski definition) is 5. The lowest BCUT2D eigenvalue weighted by Gasteiger charge is -2.45. The molecule has 37 heavy (non-hydrogen) atoms. The predicted octanol–water partition coefficient (Wildman–Crippen LogP) is 5.05. The van der Waals surface area contributed by atoms with Crippen LogP contribution in [0.1, 0.15) is 42.3 Å². The maximum atomic E-state index is 13.3. The van der Waals surface area contributed by atoms with Crippen LogP contribution in [-0.2, 0) is 17.4 Å². The Hall–Kier alpha value is -2.40. The van der Waals surface area contributed by atoms with Crippen LogP contribution in [0.15, 0.2) is 46.9 Å². The van der Waals surface area contributed by atoms with Crippen molar-refractivity contribution in [2.45, 2.75) is 64.0 Å². The van der Waals surface area contributed by atoms with Crippen LogP contribution in [0.25, 0.3) is 0 Å². The van der Waals surface area contributed by atoms with Crippen molar-refractivity contribution < 1.29 is 29.0 Å². The molecule has 2 aromatic rings. The number of hydrogen-bond donors (Lipinski definition) is 3. The molecule has 0 radical (unpaired) electrons. The van der Waals surface area contributed by atoms with Gasteiger partial charge in [-0.2, -0.15) is 0 Å². The molecule has 0 bridgehead atoms. The Kier molecular flexibility index (Phi) is 9.44. The smallest absolute Gasteiger partial charge is 0.407 e. The first kappa shape index (κ1) is 29.2. The van der Waals surface area contributed by atoms with Crippen molar-refractivity contribution in [3.05, 3.63) is 63.6 Å². The van der Waals surface area contributed by atoms with Crippen molar-refractivity contribution in [2.24, 2.45) is 0 Å². The van der Waals surface area contributed by atoms with Crippen molar-refractivity contribution in [3.8, 4) is 5.75 Å². The zero-order chi connectivity index (χ0) is 27.4. The third-order valence-corrected chi connectivity index (χ3v) is 12.2. The number of carbonyl (C=O) groups excluding carboxylic acids is 1. The summed E-state index contributed by atoms with van der Waals surface area (Å²) < 4.78 is 13.1. The first-order valence-electron chi connectivity index (χ1n) is 12.4. The molecule has 0 saturated carbocycles. The molecule has 0 fully saturated rings. The van der Waals surface area contributed by atoms with E-state index in [1.807, 2.05) is 24.3 Å². The van der Waals surface area contributed by atoms with Gasteiger partial charge in [0.05, 0.1) is 24.3 Å². The molecule has 0 aromatic heterocycles. The lowest BCUT2D eigenvalue weighted by Crippen LogP contribution is -2.58. The van der Waals surface area contributed by atoms with Crippen LogP contribution in [-0.4, -0.2) is 67.3 Å². The molecule has 2 aromatic carbocycles. The molecule has 10 heteroatoms. The number of carboxylic acid groups (broad SMARTS) is 1. The van der Waals surface area contributed by atoms with Crippen LogP contribution < -0.4 is 10.1 Å². The number of nitrogens with zero attached hydrogens (tertiary/aromatic N) is 1. The number of aliphatic hydroxyl groups is 1. The molecule has 2 atom stereocenters. The second-order valence-electron chi connectivity index (χ2n) is 10.8. The Morgan fingerprint density at radius 2 is 1.86 bits per heavy atom. The topological polar surface area (TPSA) is 108 Å². The summed E-state index contributed by atoms with van der Waals surface area (Å²) >= 11 is 3.39. The lowest BCUT2D eigenvalue weighted by atomic mass is 9.91. The number of rotatable bonds is 9. The maximum absolute atomic E-state index is 13.3. The fraction of sp³-hybridized carbons (Fsp3) is 0.481. The van der Waals surface area contributed by atoms with Gasteiger partial charge in [-0.1, -0.05) is 61.0 Å². The number of nitrogens with one attached hydrogen (secondary N) is 1. The molecular weight excluding hydrogens is 556 g/mol. The number of benzene rings is 2. The van der Waals surface area contributed by atoms with Gasteiger partial charge in [-0.15, -0.1) is 0 Å². The molecule has 0 saturated heterocycles. The van der Waals surface area contributed by atoms with Crippen LogP contribution in [0.3, 0.4) is 0 Å². The number of fused-ring (bicyclic) bond motifs is 1. The normalized spacial score (nSPS) is 16.6. The highest BCUT2D eigenvalue weighted by Crippen LogP contribution is 2.39. The van der Waals surface area contributed by atoms with E-state index in [4.69, 9.17) is 14.3 Å². The van der Waals surface area contributed by atoms with Gasteiger partial charge in [0.1, 0.15) is 12.4 Å². The molecule has 202 valence electrons. The van der Waals surface area contributed by atoms with Crippen LogP contribution in [0, 0.1) is 0 Å². The third kappa shape index (κ3) is 7.13. The van der Waals surface area contributed by atoms with Gasteiger partial charge in [0.15, 0.2) is 8.32 Å². The number of amides is 2. The zero-order valence-corrected chi connectivity index (χ0v) is 24.7. The van der Waals surface area contributed by atoms with Crippen LogP contribution >= 0.6 is 15.9 Å². The van der Waals surface area contributed by atoms with E-state index >= 15 is 0 Å². The molecule has 0 unspecified atom stereocenters. The molecule has 1 aliphatic heterocycles. The second kappa shape index (κ2) is 12.0. The van der Waals surface area contributed by atoms with Crippen molar-refractivity contribution >= 4 is 36.2 Å². The lowest BCUT2D eigenvalue weighted by molar-refractivity contribution is 0.0438. The third-order valence-electron chi connectivity index (χ3n) is 7.22. The number of carbonyl (C=O) groups is 2. The van der Waals surface area contributed by atoms with E-state index in [-0.39, 0.29) is 37.2 Å². The number of halogens is 1. The van der Waals surface area contributed by atoms with E-state index in [2.05, 4.69) is 55.1 Å². The second-order valence-corrected chi connectivity index (χ2v) is 16.5. The van der Waals surface area contributed by atoms with E-state index in [1.54, 1.807) is 18.2 Å². The van der Waals surface area contributed by atoms with E-state index in [9.17, 15) is 14.7 Å². The molecule has 0 aliphatic carbocycles. The minimum atomic E-state index is -2.32. The molecule has 3 N–H and O–H groups in total. The average molecular weight is 594 g/mol. The van der Waals surface area contributed by atoms with E-state index < -0.39 is 26.6 Å².